The third-order valence-corrected chi connectivity index (χ3v) is 2.48. The fourth-order valence-corrected chi connectivity index (χ4v) is 1.55. The molecule has 0 radical (unpaired) electrons. The molecule has 0 aromatic heterocycles. The van der Waals surface area contributed by atoms with E-state index in [-0.39, 0.29) is 12.3 Å². The molecule has 2 N–H and O–H groups in total. The summed E-state index contributed by atoms with van der Waals surface area (Å²) in [4.78, 5) is 36.0. The zero-order valence-electron chi connectivity index (χ0n) is 11.1. The summed E-state index contributed by atoms with van der Waals surface area (Å²) in [5.41, 5.74) is 2.16. The summed E-state index contributed by atoms with van der Waals surface area (Å²) >= 11 is 0. The topological polar surface area (TPSA) is 128 Å². The molecule has 0 bridgehead atoms. The summed E-state index contributed by atoms with van der Waals surface area (Å²) < 4.78 is 4.78. The maximum Gasteiger partial charge on any atom is 0.431 e. The third kappa shape index (κ3) is 5.45. The van der Waals surface area contributed by atoms with Crippen LogP contribution in [0.5, 0.6) is 0 Å². The number of benzene rings is 1. The number of hydrogen-bond acceptors (Lipinski definition) is 6. The van der Waals surface area contributed by atoms with E-state index in [1.165, 1.54) is 6.07 Å². The minimum Gasteiger partial charge on any atom is -0.479 e. The van der Waals surface area contributed by atoms with Gasteiger partial charge in [-0.25, -0.2) is 9.59 Å². The number of carboxylic acid groups (broad SMARTS) is 1. The van der Waals surface area contributed by atoms with Gasteiger partial charge in [0.25, 0.3) is 5.69 Å². The number of rotatable bonds is 7. The molecule has 1 aromatic rings. The van der Waals surface area contributed by atoms with E-state index in [1.54, 1.807) is 30.6 Å². The number of amides is 1. The molecule has 0 saturated carbocycles. The Morgan fingerprint density at radius 1 is 1.43 bits per heavy atom. The van der Waals surface area contributed by atoms with Crippen molar-refractivity contribution in [1.29, 1.82) is 0 Å². The molecule has 9 heteroatoms. The zero-order valence-corrected chi connectivity index (χ0v) is 11.1. The largest absolute Gasteiger partial charge is 0.479 e. The van der Waals surface area contributed by atoms with Crippen LogP contribution in [0.3, 0.4) is 0 Å². The van der Waals surface area contributed by atoms with Crippen LogP contribution in [0.1, 0.15) is 18.4 Å². The van der Waals surface area contributed by atoms with Gasteiger partial charge in [0.05, 0.1) is 4.92 Å². The molecule has 0 aliphatic carbocycles. The summed E-state index contributed by atoms with van der Waals surface area (Å²) in [6, 6.07) is 6.13. The molecule has 21 heavy (non-hydrogen) atoms. The van der Waals surface area contributed by atoms with Crippen LogP contribution in [0, 0.1) is 10.1 Å². The zero-order chi connectivity index (χ0) is 15.8. The summed E-state index contributed by atoms with van der Waals surface area (Å²) in [7, 11) is 0. The first kappa shape index (κ1) is 16.4. The van der Waals surface area contributed by atoms with Crippen LogP contribution in [0.4, 0.5) is 10.5 Å². The highest BCUT2D eigenvalue weighted by Gasteiger charge is 2.19. The number of carbonyl (C=O) groups excluding carboxylic acids is 1. The van der Waals surface area contributed by atoms with Crippen molar-refractivity contribution in [3.63, 3.8) is 0 Å². The molecule has 1 amide bonds. The van der Waals surface area contributed by atoms with E-state index in [0.717, 1.165) is 0 Å². The van der Waals surface area contributed by atoms with Crippen LogP contribution in [0.25, 0.3) is 0 Å². The van der Waals surface area contributed by atoms with E-state index in [0.29, 0.717) is 5.56 Å². The first-order valence-electron chi connectivity index (χ1n) is 5.91. The Bertz CT molecular complexity index is 532. The molecular formula is C12H14N2O7. The molecule has 1 rings (SSSR count). The number of carboxylic acids is 1. The van der Waals surface area contributed by atoms with Gasteiger partial charge in [-0.3, -0.25) is 15.0 Å². The van der Waals surface area contributed by atoms with Crippen LogP contribution in [0.15, 0.2) is 24.3 Å². The number of hydrogen-bond donors (Lipinski definition) is 2. The second kappa shape index (κ2) is 7.80. The van der Waals surface area contributed by atoms with Gasteiger partial charge >= 0.3 is 12.1 Å². The predicted octanol–water partition coefficient (Wildman–Crippen LogP) is 1.44. The summed E-state index contributed by atoms with van der Waals surface area (Å²) in [5, 5.41) is 19.2. The first-order chi connectivity index (χ1) is 9.91. The van der Waals surface area contributed by atoms with Crippen molar-refractivity contribution in [3.8, 4) is 0 Å². The van der Waals surface area contributed by atoms with E-state index < -0.39 is 29.5 Å². The Kier molecular flexibility index (Phi) is 6.08. The van der Waals surface area contributed by atoms with Crippen LogP contribution >= 0.6 is 0 Å². The SMILES string of the molecule is CC(COC(=O)NOCC(=O)O)c1ccccc1[N+](=O)[O-]. The van der Waals surface area contributed by atoms with Gasteiger partial charge in [0.2, 0.25) is 0 Å². The molecule has 1 unspecified atom stereocenters. The van der Waals surface area contributed by atoms with Crippen LogP contribution in [-0.2, 0) is 14.4 Å². The molecule has 9 nitrogen and oxygen atoms in total. The molecule has 0 aliphatic heterocycles. The minimum absolute atomic E-state index is 0.0591. The van der Waals surface area contributed by atoms with Gasteiger partial charge in [0.1, 0.15) is 6.61 Å². The molecule has 0 saturated heterocycles. The van der Waals surface area contributed by atoms with Gasteiger partial charge in [-0.2, -0.15) is 5.48 Å². The molecule has 1 atom stereocenters. The van der Waals surface area contributed by atoms with E-state index in [1.807, 2.05) is 0 Å². The number of para-hydroxylation sites is 1. The van der Waals surface area contributed by atoms with E-state index >= 15 is 0 Å². The van der Waals surface area contributed by atoms with E-state index in [4.69, 9.17) is 9.84 Å². The smallest absolute Gasteiger partial charge is 0.431 e. The molecule has 0 fully saturated rings. The van der Waals surface area contributed by atoms with Crippen LogP contribution in [-0.4, -0.2) is 35.3 Å². The predicted molar refractivity (Wildman–Crippen MR) is 69.6 cm³/mol. The number of nitrogens with zero attached hydrogens (tertiary/aromatic N) is 1. The molecule has 0 spiro atoms. The Balaban J connectivity index is 2.50. The highest BCUT2D eigenvalue weighted by atomic mass is 16.7. The van der Waals surface area contributed by atoms with Gasteiger partial charge in [0.15, 0.2) is 6.61 Å². The van der Waals surface area contributed by atoms with Crippen molar-refractivity contribution in [2.24, 2.45) is 0 Å². The lowest BCUT2D eigenvalue weighted by atomic mass is 10.0. The Hall–Kier alpha value is -2.68. The number of carbonyl (C=O) groups is 2. The molecule has 0 heterocycles. The maximum absolute atomic E-state index is 11.2. The summed E-state index contributed by atoms with van der Waals surface area (Å²) in [6.45, 7) is 0.843. The highest BCUT2D eigenvalue weighted by molar-refractivity contribution is 5.69. The third-order valence-electron chi connectivity index (χ3n) is 2.48. The van der Waals surface area contributed by atoms with Gasteiger partial charge < -0.3 is 9.84 Å². The number of ether oxygens (including phenoxy) is 1. The van der Waals surface area contributed by atoms with Crippen molar-refractivity contribution in [1.82, 2.24) is 5.48 Å². The second-order valence-electron chi connectivity index (χ2n) is 4.10. The average Bonchev–Trinajstić information content (AvgIpc) is 2.44. The monoisotopic (exact) mass is 298 g/mol. The minimum atomic E-state index is -1.25. The lowest BCUT2D eigenvalue weighted by Gasteiger charge is -2.12. The van der Waals surface area contributed by atoms with Gasteiger partial charge in [-0.05, 0) is 0 Å². The molecule has 1 aromatic carbocycles. The van der Waals surface area contributed by atoms with Gasteiger partial charge in [-0.15, -0.1) is 0 Å². The molecule has 0 aliphatic rings. The lowest BCUT2D eigenvalue weighted by Crippen LogP contribution is -2.28. The van der Waals surface area contributed by atoms with Gasteiger partial charge in [-0.1, -0.05) is 25.1 Å². The Morgan fingerprint density at radius 2 is 2.10 bits per heavy atom. The van der Waals surface area contributed by atoms with Crippen molar-refractivity contribution < 1.29 is 29.2 Å². The number of nitro groups is 1. The second-order valence-corrected chi connectivity index (χ2v) is 4.10. The standard InChI is InChI=1S/C12H14N2O7/c1-8(6-20-12(17)13-21-7-11(15)16)9-4-2-3-5-10(9)14(18)19/h2-5,8H,6-7H2,1H3,(H,13,17)(H,15,16). The first-order valence-corrected chi connectivity index (χ1v) is 5.91. The van der Waals surface area contributed by atoms with Gasteiger partial charge in [0, 0.05) is 17.5 Å². The number of hydroxylamine groups is 1. The number of nitrogens with one attached hydrogen (secondary N) is 1. The maximum atomic E-state index is 11.2. The lowest BCUT2D eigenvalue weighted by molar-refractivity contribution is -0.385. The summed E-state index contributed by atoms with van der Waals surface area (Å²) in [5.74, 6) is -1.65. The van der Waals surface area contributed by atoms with Crippen LogP contribution < -0.4 is 5.48 Å². The van der Waals surface area contributed by atoms with E-state index in [9.17, 15) is 19.7 Å². The van der Waals surface area contributed by atoms with Crippen molar-refractivity contribution in [3.05, 3.63) is 39.9 Å². The Morgan fingerprint density at radius 3 is 2.71 bits per heavy atom. The highest BCUT2D eigenvalue weighted by Crippen LogP contribution is 2.26. The van der Waals surface area contributed by atoms with Crippen molar-refractivity contribution in [2.45, 2.75) is 12.8 Å². The quantitative estimate of drug-likeness (QED) is 0.575. The van der Waals surface area contributed by atoms with Crippen molar-refractivity contribution in [2.75, 3.05) is 13.2 Å². The fourth-order valence-electron chi connectivity index (χ4n) is 1.55. The fraction of sp³-hybridized carbons (Fsp3) is 0.333. The normalized spacial score (nSPS) is 11.5. The van der Waals surface area contributed by atoms with E-state index in [2.05, 4.69) is 4.84 Å². The van der Waals surface area contributed by atoms with Crippen molar-refractivity contribution >= 4 is 17.7 Å². The Labute approximate surface area is 119 Å². The van der Waals surface area contributed by atoms with Crippen LogP contribution in [0.2, 0.25) is 0 Å². The molecule has 114 valence electrons. The summed E-state index contributed by atoms with van der Waals surface area (Å²) in [6.07, 6.45) is -0.971. The number of nitro benzene ring substituents is 1. The number of aliphatic carboxylic acids is 1. The molecular weight excluding hydrogens is 284 g/mol. The average molecular weight is 298 g/mol.